The minimum absolute atomic E-state index is 0.0787. The van der Waals surface area contributed by atoms with E-state index in [-0.39, 0.29) is 16.4 Å². The quantitative estimate of drug-likeness (QED) is 0.877. The molecule has 0 saturated heterocycles. The molecule has 1 aromatic carbocycles. The van der Waals surface area contributed by atoms with Crippen LogP contribution in [-0.4, -0.2) is 29.8 Å². The fraction of sp³-hybridized carbons (Fsp3) is 0.143. The first kappa shape index (κ1) is 15.9. The first-order valence-electron chi connectivity index (χ1n) is 5.99. The van der Waals surface area contributed by atoms with Crippen molar-refractivity contribution in [3.63, 3.8) is 0 Å². The molecule has 0 radical (unpaired) electrons. The molecule has 0 unspecified atom stereocenters. The molecule has 2 rings (SSSR count). The van der Waals surface area contributed by atoms with Crippen molar-refractivity contribution < 1.29 is 28.2 Å². The number of methoxy groups -OCH3 is 1. The van der Waals surface area contributed by atoms with Crippen LogP contribution in [-0.2, 0) is 0 Å². The molecule has 0 fully saturated rings. The zero-order valence-electron chi connectivity index (χ0n) is 11.3. The molecule has 1 N–H and O–H groups in total. The Balaban J connectivity index is 2.21. The molecule has 5 nitrogen and oxygen atoms in total. The van der Waals surface area contributed by atoms with Gasteiger partial charge in [-0.1, -0.05) is 12.1 Å². The Morgan fingerprint density at radius 1 is 1.36 bits per heavy atom. The second-order valence-corrected chi connectivity index (χ2v) is 5.05. The number of carboxylic acid groups (broad SMARTS) is 1. The highest BCUT2D eigenvalue weighted by atomic mass is 32.1. The van der Waals surface area contributed by atoms with Crippen molar-refractivity contribution >= 4 is 29.5 Å². The number of ether oxygens (including phenoxy) is 2. The molecule has 0 saturated carbocycles. The average Bonchev–Trinajstić information content (AvgIpc) is 2.94. The maximum atomic E-state index is 12.3. The van der Waals surface area contributed by atoms with Gasteiger partial charge in [0, 0.05) is 0 Å². The van der Waals surface area contributed by atoms with E-state index >= 15 is 0 Å². The fourth-order valence-corrected chi connectivity index (χ4v) is 2.28. The number of hydrogen-bond acceptors (Lipinski definition) is 5. The number of halogens is 2. The monoisotopic (exact) mass is 327 g/mol. The highest BCUT2D eigenvalue weighted by Crippen LogP contribution is 2.30. The van der Waals surface area contributed by atoms with Crippen molar-refractivity contribution in [1.82, 2.24) is 4.98 Å². The number of hydrogen-bond donors (Lipinski definition) is 1. The van der Waals surface area contributed by atoms with Gasteiger partial charge >= 0.3 is 12.6 Å². The first-order valence-corrected chi connectivity index (χ1v) is 6.81. The van der Waals surface area contributed by atoms with E-state index in [0.29, 0.717) is 10.6 Å². The summed E-state index contributed by atoms with van der Waals surface area (Å²) in [7, 11) is 1.35. The van der Waals surface area contributed by atoms with Gasteiger partial charge in [-0.05, 0) is 23.8 Å². The van der Waals surface area contributed by atoms with Crippen LogP contribution in [0, 0.1) is 0 Å². The third-order valence-electron chi connectivity index (χ3n) is 2.56. The average molecular weight is 327 g/mol. The zero-order valence-corrected chi connectivity index (χ0v) is 12.1. The molecule has 0 aliphatic carbocycles. The third-order valence-corrected chi connectivity index (χ3v) is 3.51. The minimum Gasteiger partial charge on any atom is -0.493 e. The van der Waals surface area contributed by atoms with E-state index in [1.165, 1.54) is 25.4 Å². The van der Waals surface area contributed by atoms with E-state index < -0.39 is 12.6 Å². The largest absolute Gasteiger partial charge is 0.493 e. The molecular weight excluding hydrogens is 316 g/mol. The molecule has 2 aromatic rings. The van der Waals surface area contributed by atoms with Gasteiger partial charge in [0.2, 0.25) is 0 Å². The van der Waals surface area contributed by atoms with E-state index in [1.54, 1.807) is 18.2 Å². The van der Waals surface area contributed by atoms with E-state index in [4.69, 9.17) is 9.84 Å². The molecule has 8 heteroatoms. The molecule has 0 atom stereocenters. The molecule has 0 aliphatic heterocycles. The summed E-state index contributed by atoms with van der Waals surface area (Å²) in [5.74, 6) is -0.931. The maximum Gasteiger partial charge on any atom is 0.387 e. The molecule has 116 valence electrons. The van der Waals surface area contributed by atoms with Gasteiger partial charge in [-0.25, -0.2) is 9.78 Å². The molecule has 22 heavy (non-hydrogen) atoms. The van der Waals surface area contributed by atoms with Crippen LogP contribution >= 0.6 is 11.3 Å². The summed E-state index contributed by atoms with van der Waals surface area (Å²) in [5.41, 5.74) is 0.587. The number of carboxylic acids is 1. The Labute approximate surface area is 128 Å². The Hall–Kier alpha value is -2.48. The van der Waals surface area contributed by atoms with Gasteiger partial charge < -0.3 is 14.6 Å². The Morgan fingerprint density at radius 2 is 2.14 bits per heavy atom. The lowest BCUT2D eigenvalue weighted by atomic mass is 10.2. The molecular formula is C14H11F2NO4S. The van der Waals surface area contributed by atoms with Crippen LogP contribution < -0.4 is 9.47 Å². The third kappa shape index (κ3) is 4.01. The standard InChI is InChI=1S/C14H11F2NO4S/c1-20-9-4-2-8(6-10(9)21-14(15)16)3-5-12-17-7-11(22-12)13(18)19/h2-7,14H,1H3,(H,18,19)/b5-3-. The highest BCUT2D eigenvalue weighted by Gasteiger charge is 2.11. The van der Waals surface area contributed by atoms with Gasteiger partial charge in [-0.3, -0.25) is 0 Å². The summed E-state index contributed by atoms with van der Waals surface area (Å²) in [5, 5.41) is 9.30. The number of thiazole rings is 1. The van der Waals surface area contributed by atoms with Crippen LogP contribution in [0.5, 0.6) is 11.5 Å². The van der Waals surface area contributed by atoms with Crippen LogP contribution in [0.25, 0.3) is 12.2 Å². The van der Waals surface area contributed by atoms with Crippen molar-refractivity contribution in [2.45, 2.75) is 6.61 Å². The SMILES string of the molecule is COc1ccc(/C=C\c2ncc(C(=O)O)s2)cc1OC(F)F. The molecule has 0 spiro atoms. The molecule has 0 amide bonds. The Morgan fingerprint density at radius 3 is 2.73 bits per heavy atom. The zero-order chi connectivity index (χ0) is 16.1. The van der Waals surface area contributed by atoms with E-state index in [0.717, 1.165) is 11.3 Å². The predicted octanol–water partition coefficient (Wildman–Crippen LogP) is 3.62. The van der Waals surface area contributed by atoms with Crippen LogP contribution in [0.4, 0.5) is 8.78 Å². The molecule has 0 bridgehead atoms. The summed E-state index contributed by atoms with van der Waals surface area (Å²) in [6.07, 6.45) is 4.46. The number of nitrogens with zero attached hydrogens (tertiary/aromatic N) is 1. The van der Waals surface area contributed by atoms with E-state index in [9.17, 15) is 13.6 Å². The number of alkyl halides is 2. The summed E-state index contributed by atoms with van der Waals surface area (Å²) in [4.78, 5) is 14.8. The highest BCUT2D eigenvalue weighted by molar-refractivity contribution is 7.14. The lowest BCUT2D eigenvalue weighted by molar-refractivity contribution is -0.0512. The van der Waals surface area contributed by atoms with Gasteiger partial charge in [0.25, 0.3) is 0 Å². The van der Waals surface area contributed by atoms with Crippen molar-refractivity contribution in [2.75, 3.05) is 7.11 Å². The van der Waals surface area contributed by atoms with Gasteiger partial charge in [0.1, 0.15) is 9.88 Å². The number of benzene rings is 1. The minimum atomic E-state index is -2.95. The Bertz CT molecular complexity index is 700. The van der Waals surface area contributed by atoms with Crippen molar-refractivity contribution in [3.8, 4) is 11.5 Å². The molecule has 0 aliphatic rings. The summed E-state index contributed by atoms with van der Waals surface area (Å²) < 4.78 is 34.0. The van der Waals surface area contributed by atoms with Crippen molar-refractivity contribution in [3.05, 3.63) is 39.8 Å². The number of rotatable bonds is 6. The fourth-order valence-electron chi connectivity index (χ4n) is 1.62. The smallest absolute Gasteiger partial charge is 0.387 e. The molecule has 1 heterocycles. The topological polar surface area (TPSA) is 68.7 Å². The normalized spacial score (nSPS) is 11.1. The van der Waals surface area contributed by atoms with Crippen molar-refractivity contribution in [1.29, 1.82) is 0 Å². The summed E-state index contributed by atoms with van der Waals surface area (Å²) in [6.45, 7) is -2.95. The van der Waals surface area contributed by atoms with Gasteiger partial charge in [-0.15, -0.1) is 11.3 Å². The summed E-state index contributed by atoms with van der Waals surface area (Å²) in [6, 6.07) is 4.55. The van der Waals surface area contributed by atoms with Crippen LogP contribution in [0.1, 0.15) is 20.2 Å². The van der Waals surface area contributed by atoms with Gasteiger partial charge in [-0.2, -0.15) is 8.78 Å². The van der Waals surface area contributed by atoms with E-state index in [2.05, 4.69) is 9.72 Å². The predicted molar refractivity (Wildman–Crippen MR) is 77.6 cm³/mol. The van der Waals surface area contributed by atoms with E-state index in [1.807, 2.05) is 0 Å². The van der Waals surface area contributed by atoms with Crippen LogP contribution in [0.2, 0.25) is 0 Å². The van der Waals surface area contributed by atoms with Crippen LogP contribution in [0.15, 0.2) is 24.4 Å². The van der Waals surface area contributed by atoms with Crippen LogP contribution in [0.3, 0.4) is 0 Å². The Kier molecular flexibility index (Phi) is 5.05. The summed E-state index contributed by atoms with van der Waals surface area (Å²) >= 11 is 1.01. The number of aromatic nitrogens is 1. The maximum absolute atomic E-state index is 12.3. The molecule has 1 aromatic heterocycles. The first-order chi connectivity index (χ1) is 10.5. The number of carbonyl (C=O) groups is 1. The number of aromatic carboxylic acids is 1. The van der Waals surface area contributed by atoms with Gasteiger partial charge in [0.05, 0.1) is 13.3 Å². The lowest BCUT2D eigenvalue weighted by Crippen LogP contribution is -2.03. The van der Waals surface area contributed by atoms with Gasteiger partial charge in [0.15, 0.2) is 11.5 Å². The second-order valence-electron chi connectivity index (χ2n) is 3.99. The lowest BCUT2D eigenvalue weighted by Gasteiger charge is -2.10. The van der Waals surface area contributed by atoms with Crippen molar-refractivity contribution in [2.24, 2.45) is 0 Å². The second kappa shape index (κ2) is 6.99.